The molecule has 0 radical (unpaired) electrons. The summed E-state index contributed by atoms with van der Waals surface area (Å²) in [4.78, 5) is 4.01. The maximum atomic E-state index is 12.3. The number of halogens is 1. The van der Waals surface area contributed by atoms with E-state index in [1.165, 1.54) is 6.08 Å². The van der Waals surface area contributed by atoms with Gasteiger partial charge in [0.15, 0.2) is 0 Å². The summed E-state index contributed by atoms with van der Waals surface area (Å²) < 4.78 is 29.1. The lowest BCUT2D eigenvalue weighted by molar-refractivity contribution is 0.576. The zero-order valence-corrected chi connectivity index (χ0v) is 15.7. The molecular weight excluding hydrogens is 370 g/mol. The molecule has 0 spiro atoms. The Morgan fingerprint density at radius 2 is 1.81 bits per heavy atom. The van der Waals surface area contributed by atoms with Gasteiger partial charge in [0.2, 0.25) is 10.0 Å². The molecule has 2 aromatic carbocycles. The van der Waals surface area contributed by atoms with E-state index in [-0.39, 0.29) is 6.04 Å². The van der Waals surface area contributed by atoms with Gasteiger partial charge in [-0.25, -0.2) is 18.1 Å². The Morgan fingerprint density at radius 3 is 2.42 bits per heavy atom. The fraction of sp³-hybridized carbons (Fsp3) is 0.105. The molecule has 0 bridgehead atoms. The first kappa shape index (κ1) is 18.4. The predicted molar refractivity (Wildman–Crippen MR) is 105 cm³/mol. The lowest BCUT2D eigenvalue weighted by Gasteiger charge is -2.13. The van der Waals surface area contributed by atoms with Gasteiger partial charge in [0, 0.05) is 34.6 Å². The number of imidazole rings is 1. The number of benzene rings is 2. The van der Waals surface area contributed by atoms with Gasteiger partial charge in [0.25, 0.3) is 0 Å². The molecule has 7 heteroatoms. The number of nitrogens with one attached hydrogen (secondary N) is 1. The summed E-state index contributed by atoms with van der Waals surface area (Å²) in [7, 11) is -3.57. The van der Waals surface area contributed by atoms with E-state index in [9.17, 15) is 8.42 Å². The second-order valence-corrected chi connectivity index (χ2v) is 7.83. The maximum Gasteiger partial charge on any atom is 0.234 e. The summed E-state index contributed by atoms with van der Waals surface area (Å²) >= 11 is 5.82. The molecule has 0 aliphatic heterocycles. The zero-order chi connectivity index (χ0) is 18.6. The average Bonchev–Trinajstić information content (AvgIpc) is 3.16. The first-order valence-corrected chi connectivity index (χ1v) is 9.90. The van der Waals surface area contributed by atoms with Crippen molar-refractivity contribution >= 4 is 27.7 Å². The van der Waals surface area contributed by atoms with Crippen LogP contribution in [0.15, 0.2) is 72.7 Å². The van der Waals surface area contributed by atoms with Gasteiger partial charge >= 0.3 is 0 Å². The third-order valence-electron chi connectivity index (χ3n) is 3.85. The summed E-state index contributed by atoms with van der Waals surface area (Å²) in [5.41, 5.74) is 2.60. The molecule has 1 N–H and O–H groups in total. The Hall–Kier alpha value is -2.41. The maximum absolute atomic E-state index is 12.3. The van der Waals surface area contributed by atoms with E-state index in [1.807, 2.05) is 35.0 Å². The van der Waals surface area contributed by atoms with Crippen LogP contribution in [0.4, 0.5) is 0 Å². The van der Waals surface area contributed by atoms with Crippen molar-refractivity contribution in [2.24, 2.45) is 0 Å². The fourth-order valence-corrected chi connectivity index (χ4v) is 3.61. The normalized spacial score (nSPS) is 13.2. The van der Waals surface area contributed by atoms with Crippen LogP contribution in [0.5, 0.6) is 0 Å². The lowest BCUT2D eigenvalue weighted by Crippen LogP contribution is -2.24. The highest BCUT2D eigenvalue weighted by Crippen LogP contribution is 2.17. The summed E-state index contributed by atoms with van der Waals surface area (Å²) in [6.07, 6.45) is 6.80. The largest absolute Gasteiger partial charge is 0.306 e. The lowest BCUT2D eigenvalue weighted by atomic mass is 10.1. The van der Waals surface area contributed by atoms with Gasteiger partial charge in [-0.05, 0) is 48.4 Å². The number of nitrogens with zero attached hydrogens (tertiary/aromatic N) is 2. The van der Waals surface area contributed by atoms with Crippen molar-refractivity contribution in [2.45, 2.75) is 13.0 Å². The molecule has 3 rings (SSSR count). The van der Waals surface area contributed by atoms with E-state index in [4.69, 9.17) is 11.6 Å². The number of hydrogen-bond donors (Lipinski definition) is 1. The van der Waals surface area contributed by atoms with Gasteiger partial charge in [0.05, 0.1) is 6.33 Å². The van der Waals surface area contributed by atoms with E-state index < -0.39 is 10.0 Å². The molecule has 1 unspecified atom stereocenters. The van der Waals surface area contributed by atoms with Gasteiger partial charge in [-0.15, -0.1) is 0 Å². The minimum absolute atomic E-state index is 0.355. The van der Waals surface area contributed by atoms with Crippen LogP contribution in [0.2, 0.25) is 5.02 Å². The molecule has 0 aliphatic rings. The molecule has 134 valence electrons. The van der Waals surface area contributed by atoms with Crippen LogP contribution in [-0.4, -0.2) is 18.0 Å². The van der Waals surface area contributed by atoms with E-state index in [0.29, 0.717) is 5.02 Å². The average molecular weight is 388 g/mol. The highest BCUT2D eigenvalue weighted by molar-refractivity contribution is 7.92. The standard InChI is InChI=1S/C19H18ClN3O2S/c1-15(17-4-8-19(9-5-17)23-12-11-21-14-23)22-26(24,25)13-10-16-2-6-18(20)7-3-16/h2-15,22H,1H3/b13-10+. The Morgan fingerprint density at radius 1 is 1.12 bits per heavy atom. The van der Waals surface area contributed by atoms with Crippen molar-refractivity contribution in [1.82, 2.24) is 14.3 Å². The number of hydrogen-bond acceptors (Lipinski definition) is 3. The molecule has 1 heterocycles. The summed E-state index contributed by atoms with van der Waals surface area (Å²) in [5, 5.41) is 1.77. The first-order valence-electron chi connectivity index (χ1n) is 7.97. The monoisotopic (exact) mass is 387 g/mol. The Balaban J connectivity index is 1.68. The number of sulfonamides is 1. The molecule has 26 heavy (non-hydrogen) atoms. The van der Waals surface area contributed by atoms with E-state index >= 15 is 0 Å². The van der Waals surface area contributed by atoms with Crippen molar-refractivity contribution in [3.05, 3.63) is 88.8 Å². The van der Waals surface area contributed by atoms with Crippen LogP contribution in [0.1, 0.15) is 24.1 Å². The van der Waals surface area contributed by atoms with Gasteiger partial charge < -0.3 is 4.57 Å². The topological polar surface area (TPSA) is 64.0 Å². The Kier molecular flexibility index (Phi) is 5.56. The van der Waals surface area contributed by atoms with Crippen LogP contribution >= 0.6 is 11.6 Å². The van der Waals surface area contributed by atoms with Crippen molar-refractivity contribution in [2.75, 3.05) is 0 Å². The summed E-state index contributed by atoms with van der Waals surface area (Å²) in [6, 6.07) is 14.2. The van der Waals surface area contributed by atoms with Crippen molar-refractivity contribution in [3.8, 4) is 5.69 Å². The minimum Gasteiger partial charge on any atom is -0.306 e. The third kappa shape index (κ3) is 4.82. The molecule has 0 saturated heterocycles. The molecule has 0 amide bonds. The van der Waals surface area contributed by atoms with E-state index in [1.54, 1.807) is 43.7 Å². The van der Waals surface area contributed by atoms with Crippen molar-refractivity contribution in [1.29, 1.82) is 0 Å². The fourth-order valence-electron chi connectivity index (χ4n) is 2.44. The van der Waals surface area contributed by atoms with Crippen molar-refractivity contribution < 1.29 is 8.42 Å². The molecular formula is C19H18ClN3O2S. The van der Waals surface area contributed by atoms with Gasteiger partial charge in [-0.1, -0.05) is 35.9 Å². The second kappa shape index (κ2) is 7.86. The van der Waals surface area contributed by atoms with Crippen LogP contribution in [-0.2, 0) is 10.0 Å². The van der Waals surface area contributed by atoms with Gasteiger partial charge in [0.1, 0.15) is 0 Å². The van der Waals surface area contributed by atoms with E-state index in [0.717, 1.165) is 22.2 Å². The number of rotatable bonds is 6. The Labute approximate surface area is 158 Å². The first-order chi connectivity index (χ1) is 12.4. The molecule has 0 fully saturated rings. The predicted octanol–water partition coefficient (Wildman–Crippen LogP) is 4.18. The molecule has 3 aromatic rings. The summed E-state index contributed by atoms with van der Waals surface area (Å²) in [5.74, 6) is 0. The smallest absolute Gasteiger partial charge is 0.234 e. The highest BCUT2D eigenvalue weighted by Gasteiger charge is 2.13. The number of aromatic nitrogens is 2. The quantitative estimate of drug-likeness (QED) is 0.690. The molecule has 5 nitrogen and oxygen atoms in total. The van der Waals surface area contributed by atoms with Crippen LogP contribution in [0.25, 0.3) is 11.8 Å². The summed E-state index contributed by atoms with van der Waals surface area (Å²) in [6.45, 7) is 1.81. The van der Waals surface area contributed by atoms with E-state index in [2.05, 4.69) is 9.71 Å². The Bertz CT molecular complexity index is 980. The second-order valence-electron chi connectivity index (χ2n) is 5.80. The minimum atomic E-state index is -3.57. The van der Waals surface area contributed by atoms with Gasteiger partial charge in [-0.3, -0.25) is 0 Å². The van der Waals surface area contributed by atoms with Gasteiger partial charge in [-0.2, -0.15) is 0 Å². The van der Waals surface area contributed by atoms with Crippen LogP contribution < -0.4 is 4.72 Å². The highest BCUT2D eigenvalue weighted by atomic mass is 35.5. The molecule has 0 saturated carbocycles. The van der Waals surface area contributed by atoms with Crippen LogP contribution in [0.3, 0.4) is 0 Å². The zero-order valence-electron chi connectivity index (χ0n) is 14.1. The third-order valence-corrected chi connectivity index (χ3v) is 5.27. The molecule has 1 aromatic heterocycles. The molecule has 1 atom stereocenters. The van der Waals surface area contributed by atoms with Crippen LogP contribution in [0, 0.1) is 0 Å². The van der Waals surface area contributed by atoms with Crippen molar-refractivity contribution in [3.63, 3.8) is 0 Å². The SMILES string of the molecule is CC(NS(=O)(=O)/C=C/c1ccc(Cl)cc1)c1ccc(-n2ccnc2)cc1. The molecule has 0 aliphatic carbocycles.